The van der Waals surface area contributed by atoms with E-state index in [1.165, 1.54) is 25.7 Å². The predicted molar refractivity (Wildman–Crippen MR) is 74.4 cm³/mol. The van der Waals surface area contributed by atoms with Crippen LogP contribution in [0.3, 0.4) is 0 Å². The fourth-order valence-electron chi connectivity index (χ4n) is 3.48. The Labute approximate surface area is 106 Å². The summed E-state index contributed by atoms with van der Waals surface area (Å²) >= 11 is 0. The van der Waals surface area contributed by atoms with Gasteiger partial charge in [0, 0.05) is 12.0 Å². The van der Waals surface area contributed by atoms with Gasteiger partial charge in [-0.05, 0) is 43.4 Å². The average Bonchev–Trinajstić information content (AvgIpc) is 2.75. The van der Waals surface area contributed by atoms with Crippen molar-refractivity contribution in [2.24, 2.45) is 5.92 Å². The van der Waals surface area contributed by atoms with Crippen molar-refractivity contribution in [1.29, 1.82) is 0 Å². The lowest BCUT2D eigenvalue weighted by molar-refractivity contribution is 0.322. The van der Waals surface area contributed by atoms with E-state index in [2.05, 4.69) is 50.5 Å². The van der Waals surface area contributed by atoms with Crippen LogP contribution in [0.5, 0.6) is 0 Å². The summed E-state index contributed by atoms with van der Waals surface area (Å²) in [5, 5.41) is 3.57. The second kappa shape index (κ2) is 5.68. The normalized spacial score (nSPS) is 22.2. The first-order valence-corrected chi connectivity index (χ1v) is 7.03. The Morgan fingerprint density at radius 2 is 2.12 bits per heavy atom. The molecular weight excluding hydrogens is 206 g/mol. The molecule has 1 aromatic rings. The first-order valence-electron chi connectivity index (χ1n) is 7.03. The quantitative estimate of drug-likeness (QED) is 0.814. The highest BCUT2D eigenvalue weighted by Gasteiger charge is 2.31. The molecule has 0 heterocycles. The third-order valence-electron chi connectivity index (χ3n) is 4.30. The lowest BCUT2D eigenvalue weighted by atomic mass is 9.83. The molecule has 0 amide bonds. The summed E-state index contributed by atoms with van der Waals surface area (Å²) in [6.45, 7) is 4.68. The van der Waals surface area contributed by atoms with Crippen LogP contribution >= 0.6 is 0 Å². The van der Waals surface area contributed by atoms with Crippen molar-refractivity contribution in [2.45, 2.75) is 51.5 Å². The lowest BCUT2D eigenvalue weighted by Crippen LogP contribution is -2.37. The molecule has 17 heavy (non-hydrogen) atoms. The van der Waals surface area contributed by atoms with Crippen molar-refractivity contribution < 1.29 is 0 Å². The highest BCUT2D eigenvalue weighted by atomic mass is 14.9. The number of nitrogens with one attached hydrogen (secondary N) is 1. The largest absolute Gasteiger partial charge is 0.316 e. The minimum atomic E-state index is 0.638. The van der Waals surface area contributed by atoms with E-state index in [1.54, 1.807) is 11.1 Å². The molecule has 1 N–H and O–H groups in total. The minimum absolute atomic E-state index is 0.638. The number of hydrogen-bond acceptors (Lipinski definition) is 1. The van der Waals surface area contributed by atoms with Crippen molar-refractivity contribution in [3.8, 4) is 0 Å². The molecule has 0 radical (unpaired) electrons. The second-order valence-corrected chi connectivity index (χ2v) is 5.42. The average molecular weight is 231 g/mol. The van der Waals surface area contributed by atoms with Gasteiger partial charge in [-0.15, -0.1) is 0 Å². The molecule has 0 saturated carbocycles. The minimum Gasteiger partial charge on any atom is -0.316 e. The Bertz CT molecular complexity index is 358. The zero-order valence-corrected chi connectivity index (χ0v) is 11.4. The van der Waals surface area contributed by atoms with E-state index in [0.29, 0.717) is 6.04 Å². The molecule has 0 saturated heterocycles. The molecule has 1 aliphatic rings. The van der Waals surface area contributed by atoms with Crippen LogP contribution in [0.2, 0.25) is 0 Å². The van der Waals surface area contributed by atoms with Crippen molar-refractivity contribution >= 4 is 0 Å². The van der Waals surface area contributed by atoms with Crippen LogP contribution in [0, 0.1) is 5.92 Å². The standard InChI is InChI=1S/C16H25N/c1-4-7-12(2)16(17-3)15-11-10-13-8-5-6-9-14(13)15/h5-6,8-9,12,15-17H,4,7,10-11H2,1-3H3. The molecule has 2 rings (SSSR count). The molecule has 3 unspecified atom stereocenters. The molecule has 0 aliphatic heterocycles. The third kappa shape index (κ3) is 2.55. The van der Waals surface area contributed by atoms with E-state index >= 15 is 0 Å². The first-order chi connectivity index (χ1) is 8.27. The maximum absolute atomic E-state index is 3.57. The molecule has 1 nitrogen and oxygen atoms in total. The highest BCUT2D eigenvalue weighted by Crippen LogP contribution is 2.38. The van der Waals surface area contributed by atoms with E-state index in [1.807, 2.05) is 0 Å². The van der Waals surface area contributed by atoms with Crippen molar-refractivity contribution in [3.05, 3.63) is 35.4 Å². The summed E-state index contributed by atoms with van der Waals surface area (Å²) < 4.78 is 0. The van der Waals surface area contributed by atoms with Gasteiger partial charge in [-0.1, -0.05) is 44.5 Å². The van der Waals surface area contributed by atoms with Gasteiger partial charge in [-0.2, -0.15) is 0 Å². The number of fused-ring (bicyclic) bond motifs is 1. The Morgan fingerprint density at radius 1 is 1.35 bits per heavy atom. The van der Waals surface area contributed by atoms with Crippen LogP contribution in [0.1, 0.15) is 50.2 Å². The maximum atomic E-state index is 3.57. The maximum Gasteiger partial charge on any atom is 0.0159 e. The van der Waals surface area contributed by atoms with Crippen LogP contribution in [-0.4, -0.2) is 13.1 Å². The lowest BCUT2D eigenvalue weighted by Gasteiger charge is -2.29. The van der Waals surface area contributed by atoms with Gasteiger partial charge in [0.25, 0.3) is 0 Å². The molecule has 1 aliphatic carbocycles. The van der Waals surface area contributed by atoms with Crippen LogP contribution in [0.15, 0.2) is 24.3 Å². The molecule has 1 heteroatoms. The number of likely N-dealkylation sites (N-methyl/N-ethyl adjacent to an activating group) is 1. The molecular formula is C16H25N. The topological polar surface area (TPSA) is 12.0 Å². The van der Waals surface area contributed by atoms with Gasteiger partial charge >= 0.3 is 0 Å². The van der Waals surface area contributed by atoms with E-state index in [-0.39, 0.29) is 0 Å². The van der Waals surface area contributed by atoms with Gasteiger partial charge in [0.2, 0.25) is 0 Å². The number of hydrogen-bond donors (Lipinski definition) is 1. The molecule has 0 spiro atoms. The van der Waals surface area contributed by atoms with Crippen LogP contribution in [-0.2, 0) is 6.42 Å². The predicted octanol–water partition coefficient (Wildman–Crippen LogP) is 3.74. The number of rotatable bonds is 5. The summed E-state index contributed by atoms with van der Waals surface area (Å²) in [6.07, 6.45) is 5.19. The Morgan fingerprint density at radius 3 is 2.82 bits per heavy atom. The van der Waals surface area contributed by atoms with Crippen molar-refractivity contribution in [3.63, 3.8) is 0 Å². The summed E-state index contributed by atoms with van der Waals surface area (Å²) in [6, 6.07) is 9.63. The van der Waals surface area contributed by atoms with Crippen LogP contribution < -0.4 is 5.32 Å². The zero-order chi connectivity index (χ0) is 12.3. The van der Waals surface area contributed by atoms with Gasteiger partial charge < -0.3 is 5.32 Å². The molecule has 0 aromatic heterocycles. The van der Waals surface area contributed by atoms with Gasteiger partial charge in [-0.25, -0.2) is 0 Å². The molecule has 3 atom stereocenters. The summed E-state index contributed by atoms with van der Waals surface area (Å²) in [4.78, 5) is 0. The Hall–Kier alpha value is -0.820. The van der Waals surface area contributed by atoms with Crippen LogP contribution in [0.25, 0.3) is 0 Å². The van der Waals surface area contributed by atoms with Crippen molar-refractivity contribution in [1.82, 2.24) is 5.32 Å². The Kier molecular flexibility index (Phi) is 4.22. The fraction of sp³-hybridized carbons (Fsp3) is 0.625. The summed E-state index contributed by atoms with van der Waals surface area (Å²) in [5.41, 5.74) is 3.16. The molecule has 0 fully saturated rings. The van der Waals surface area contributed by atoms with E-state index in [0.717, 1.165) is 11.8 Å². The van der Waals surface area contributed by atoms with Gasteiger partial charge in [0.1, 0.15) is 0 Å². The first kappa shape index (κ1) is 12.6. The monoisotopic (exact) mass is 231 g/mol. The third-order valence-corrected chi connectivity index (χ3v) is 4.30. The number of benzene rings is 1. The van der Waals surface area contributed by atoms with Gasteiger partial charge in [0.15, 0.2) is 0 Å². The fourth-order valence-corrected chi connectivity index (χ4v) is 3.48. The zero-order valence-electron chi connectivity index (χ0n) is 11.4. The highest BCUT2D eigenvalue weighted by molar-refractivity contribution is 5.36. The summed E-state index contributed by atoms with van der Waals surface area (Å²) in [5.74, 6) is 1.49. The van der Waals surface area contributed by atoms with Gasteiger partial charge in [-0.3, -0.25) is 0 Å². The number of aryl methyl sites for hydroxylation is 1. The van der Waals surface area contributed by atoms with E-state index < -0.39 is 0 Å². The summed E-state index contributed by atoms with van der Waals surface area (Å²) in [7, 11) is 2.12. The van der Waals surface area contributed by atoms with Crippen molar-refractivity contribution in [2.75, 3.05) is 7.05 Å². The molecule has 0 bridgehead atoms. The SMILES string of the molecule is CCCC(C)C(NC)C1CCc2ccccc21. The smallest absolute Gasteiger partial charge is 0.0159 e. The van der Waals surface area contributed by atoms with E-state index in [4.69, 9.17) is 0 Å². The molecule has 94 valence electrons. The van der Waals surface area contributed by atoms with E-state index in [9.17, 15) is 0 Å². The molecule has 1 aromatic carbocycles. The Balaban J connectivity index is 2.17. The second-order valence-electron chi connectivity index (χ2n) is 5.42. The van der Waals surface area contributed by atoms with Crippen LogP contribution in [0.4, 0.5) is 0 Å². The van der Waals surface area contributed by atoms with Gasteiger partial charge in [0.05, 0.1) is 0 Å².